The molecule has 1 nitrogen and oxygen atoms in total. The predicted molar refractivity (Wildman–Crippen MR) is 88.0 cm³/mol. The molecule has 0 saturated heterocycles. The first-order chi connectivity index (χ1) is 9.20. The quantitative estimate of drug-likeness (QED) is 0.481. The summed E-state index contributed by atoms with van der Waals surface area (Å²) >= 11 is 5.98. The van der Waals surface area contributed by atoms with Crippen LogP contribution in [0, 0.1) is 0 Å². The van der Waals surface area contributed by atoms with E-state index in [-0.39, 0.29) is 0 Å². The molecule has 0 amide bonds. The van der Waals surface area contributed by atoms with E-state index >= 15 is 0 Å². The van der Waals surface area contributed by atoms with Crippen molar-refractivity contribution in [2.45, 2.75) is 19.8 Å². The number of fused-ring (bicyclic) bond motifs is 2. The predicted octanol–water partition coefficient (Wildman–Crippen LogP) is 4.92. The minimum Gasteiger partial charge on any atom is -0.219 e. The summed E-state index contributed by atoms with van der Waals surface area (Å²) < 4.78 is 6.74. The molecule has 0 aliphatic rings. The summed E-state index contributed by atoms with van der Waals surface area (Å²) in [5.41, 5.74) is 1.34. The molecular weight excluding hydrogens is 270 g/mol. The summed E-state index contributed by atoms with van der Waals surface area (Å²) in [6.45, 7) is 4.42. The van der Waals surface area contributed by atoms with Crippen LogP contribution in [0.4, 0.5) is 0 Å². The Labute approximate surface area is 122 Å². The van der Waals surface area contributed by atoms with Gasteiger partial charge in [0.05, 0.1) is 5.36 Å². The van der Waals surface area contributed by atoms with Crippen LogP contribution in [0.15, 0.2) is 46.9 Å². The normalized spacial score (nSPS) is 12.7. The van der Waals surface area contributed by atoms with E-state index in [4.69, 9.17) is 0 Å². The minimum absolute atomic E-state index is 0.522. The molecule has 3 rings (SSSR count). The molecule has 0 radical (unpaired) electrons. The molecule has 0 spiro atoms. The molecule has 0 saturated carbocycles. The van der Waals surface area contributed by atoms with Crippen molar-refractivity contribution in [1.29, 1.82) is 0 Å². The molecule has 3 heteroatoms. The van der Waals surface area contributed by atoms with Crippen molar-refractivity contribution in [3.05, 3.63) is 53.4 Å². The maximum absolute atomic E-state index is 4.23. The molecule has 96 valence electrons. The fraction of sp³-hybridized carbons (Fsp3) is 0.188. The molecule has 0 bridgehead atoms. The van der Waals surface area contributed by atoms with Gasteiger partial charge in [-0.25, -0.2) is 4.40 Å². The van der Waals surface area contributed by atoms with E-state index in [0.29, 0.717) is 5.92 Å². The van der Waals surface area contributed by atoms with Crippen LogP contribution in [0.1, 0.15) is 25.3 Å². The van der Waals surface area contributed by atoms with Gasteiger partial charge in [0.25, 0.3) is 0 Å². The van der Waals surface area contributed by atoms with Crippen LogP contribution in [0.3, 0.4) is 0 Å². The first-order valence-electron chi connectivity index (χ1n) is 6.34. The molecule has 0 aliphatic heterocycles. The Morgan fingerprint density at radius 3 is 2.47 bits per heavy atom. The van der Waals surface area contributed by atoms with Crippen molar-refractivity contribution in [3.63, 3.8) is 0 Å². The van der Waals surface area contributed by atoms with E-state index in [0.717, 1.165) is 5.36 Å². The van der Waals surface area contributed by atoms with Crippen molar-refractivity contribution in [2.24, 2.45) is 4.40 Å². The minimum atomic E-state index is 0.522. The number of rotatable bonds is 1. The Hall–Kier alpha value is -1.32. The highest BCUT2D eigenvalue weighted by molar-refractivity contribution is 7.78. The van der Waals surface area contributed by atoms with E-state index in [1.165, 1.54) is 25.7 Å². The average Bonchev–Trinajstić information content (AvgIpc) is 2.44. The SMILES string of the molecule is CC(C)c1ccc2sc3ccccc3/c(=N\S)c2c1. The molecular formula is C16H15NS2. The van der Waals surface area contributed by atoms with E-state index < -0.39 is 0 Å². The molecule has 0 N–H and O–H groups in total. The number of hydrogen-bond acceptors (Lipinski definition) is 3. The van der Waals surface area contributed by atoms with Crippen molar-refractivity contribution in [1.82, 2.24) is 0 Å². The van der Waals surface area contributed by atoms with E-state index in [1.54, 1.807) is 0 Å². The van der Waals surface area contributed by atoms with Crippen molar-refractivity contribution in [2.75, 3.05) is 0 Å². The van der Waals surface area contributed by atoms with Gasteiger partial charge in [-0.1, -0.05) is 38.1 Å². The van der Waals surface area contributed by atoms with Crippen LogP contribution >= 0.6 is 24.2 Å². The average molecular weight is 285 g/mol. The highest BCUT2D eigenvalue weighted by Crippen LogP contribution is 2.27. The molecule has 2 aromatic carbocycles. The highest BCUT2D eigenvalue weighted by Gasteiger charge is 2.06. The first-order valence-corrected chi connectivity index (χ1v) is 7.56. The van der Waals surface area contributed by atoms with Crippen LogP contribution in [-0.4, -0.2) is 0 Å². The van der Waals surface area contributed by atoms with E-state index in [2.05, 4.69) is 73.5 Å². The Kier molecular flexibility index (Phi) is 3.33. The monoisotopic (exact) mass is 285 g/mol. The number of hydrogen-bond donors (Lipinski definition) is 1. The van der Waals surface area contributed by atoms with Crippen molar-refractivity contribution in [3.8, 4) is 0 Å². The topological polar surface area (TPSA) is 12.4 Å². The summed E-state index contributed by atoms with van der Waals surface area (Å²) in [4.78, 5) is 0. The standard InChI is InChI=1S/C16H15NS2/c1-10(2)11-7-8-15-13(9-11)16(17-18)12-5-3-4-6-14(12)19-15/h3-10,18H,1-2H3/b17-16+. The fourth-order valence-corrected chi connectivity index (χ4v) is 3.58. The summed E-state index contributed by atoms with van der Waals surface area (Å²) in [5.74, 6) is 0.522. The van der Waals surface area contributed by atoms with Gasteiger partial charge in [-0.15, -0.1) is 11.3 Å². The zero-order valence-electron chi connectivity index (χ0n) is 10.9. The van der Waals surface area contributed by atoms with Gasteiger partial charge < -0.3 is 0 Å². The zero-order valence-corrected chi connectivity index (χ0v) is 12.6. The lowest BCUT2D eigenvalue weighted by Gasteiger charge is -2.08. The van der Waals surface area contributed by atoms with E-state index in [1.807, 2.05) is 11.3 Å². The maximum Gasteiger partial charge on any atom is 0.0883 e. The molecule has 0 fully saturated rings. The number of thiol groups is 1. The lowest BCUT2D eigenvalue weighted by molar-refractivity contribution is 0.869. The second-order valence-corrected chi connectivity index (χ2v) is 6.24. The third-order valence-corrected chi connectivity index (χ3v) is 4.74. The fourth-order valence-electron chi connectivity index (χ4n) is 2.30. The Morgan fingerprint density at radius 1 is 1.00 bits per heavy atom. The third-order valence-electron chi connectivity index (χ3n) is 3.39. The lowest BCUT2D eigenvalue weighted by Crippen LogP contribution is -2.03. The van der Waals surface area contributed by atoms with Crippen LogP contribution in [0.5, 0.6) is 0 Å². The second-order valence-electron chi connectivity index (χ2n) is 4.96. The van der Waals surface area contributed by atoms with Gasteiger partial charge in [-0.3, -0.25) is 0 Å². The smallest absolute Gasteiger partial charge is 0.0883 e. The molecule has 3 aromatic rings. The first kappa shape index (κ1) is 12.7. The Balaban J connectivity index is 2.51. The van der Waals surface area contributed by atoms with Crippen LogP contribution in [0.25, 0.3) is 20.2 Å². The molecule has 0 aliphatic carbocycles. The number of benzene rings is 2. The van der Waals surface area contributed by atoms with Crippen LogP contribution < -0.4 is 5.36 Å². The number of nitrogens with zero attached hydrogens (tertiary/aromatic N) is 1. The molecule has 19 heavy (non-hydrogen) atoms. The van der Waals surface area contributed by atoms with Gasteiger partial charge in [0.2, 0.25) is 0 Å². The van der Waals surface area contributed by atoms with Crippen LogP contribution in [-0.2, 0) is 0 Å². The lowest BCUT2D eigenvalue weighted by atomic mass is 10.0. The highest BCUT2D eigenvalue weighted by atomic mass is 32.1. The largest absolute Gasteiger partial charge is 0.219 e. The Bertz CT molecular complexity index is 816. The Morgan fingerprint density at radius 2 is 1.74 bits per heavy atom. The van der Waals surface area contributed by atoms with Gasteiger partial charge in [0, 0.05) is 20.2 Å². The van der Waals surface area contributed by atoms with Gasteiger partial charge in [-0.05, 0) is 42.5 Å². The van der Waals surface area contributed by atoms with Gasteiger partial charge in [0.1, 0.15) is 0 Å². The molecule has 0 unspecified atom stereocenters. The maximum atomic E-state index is 4.23. The third kappa shape index (κ3) is 2.17. The van der Waals surface area contributed by atoms with Crippen molar-refractivity contribution >= 4 is 44.3 Å². The van der Waals surface area contributed by atoms with E-state index in [9.17, 15) is 0 Å². The molecule has 1 aromatic heterocycles. The molecule has 1 heterocycles. The summed E-state index contributed by atoms with van der Waals surface area (Å²) in [7, 11) is 0. The molecule has 0 atom stereocenters. The zero-order chi connectivity index (χ0) is 13.4. The van der Waals surface area contributed by atoms with Crippen molar-refractivity contribution < 1.29 is 0 Å². The van der Waals surface area contributed by atoms with Crippen LogP contribution in [0.2, 0.25) is 0 Å². The van der Waals surface area contributed by atoms with Gasteiger partial charge in [0.15, 0.2) is 0 Å². The second kappa shape index (κ2) is 4.99. The van der Waals surface area contributed by atoms with Gasteiger partial charge >= 0.3 is 0 Å². The van der Waals surface area contributed by atoms with Gasteiger partial charge in [-0.2, -0.15) is 0 Å². The summed E-state index contributed by atoms with van der Waals surface area (Å²) in [5, 5.41) is 3.36. The summed E-state index contributed by atoms with van der Waals surface area (Å²) in [6.07, 6.45) is 0. The summed E-state index contributed by atoms with van der Waals surface area (Å²) in [6, 6.07) is 15.0.